The fourth-order valence-electron chi connectivity index (χ4n) is 2.11. The standard InChI is InChI=1S/C16H21BrF2O/c1-2-3-4-5-6-7-8-9-16(20)12-10-15(19)13(17)11-14(12)18/h10-11H,2-9H2,1H3. The van der Waals surface area contributed by atoms with Gasteiger partial charge in [-0.2, -0.15) is 0 Å². The van der Waals surface area contributed by atoms with Crippen LogP contribution in [0.25, 0.3) is 0 Å². The fraction of sp³-hybridized carbons (Fsp3) is 0.562. The number of hydrogen-bond acceptors (Lipinski definition) is 1. The van der Waals surface area contributed by atoms with Crippen LogP contribution in [0.4, 0.5) is 8.78 Å². The lowest BCUT2D eigenvalue weighted by Crippen LogP contribution is -2.03. The van der Waals surface area contributed by atoms with Crippen LogP contribution < -0.4 is 0 Å². The first-order valence-corrected chi connectivity index (χ1v) is 8.03. The van der Waals surface area contributed by atoms with E-state index in [-0.39, 0.29) is 22.2 Å². The molecule has 1 rings (SSSR count). The van der Waals surface area contributed by atoms with Crippen LogP contribution in [0.1, 0.15) is 68.6 Å². The second kappa shape index (κ2) is 9.22. The molecule has 0 heterocycles. The van der Waals surface area contributed by atoms with Crippen molar-refractivity contribution in [3.8, 4) is 0 Å². The smallest absolute Gasteiger partial charge is 0.165 e. The van der Waals surface area contributed by atoms with Gasteiger partial charge in [-0.25, -0.2) is 8.78 Å². The van der Waals surface area contributed by atoms with Crippen molar-refractivity contribution >= 4 is 21.7 Å². The summed E-state index contributed by atoms with van der Waals surface area (Å²) in [5, 5.41) is 0. The van der Waals surface area contributed by atoms with Gasteiger partial charge in [0.15, 0.2) is 5.78 Å². The summed E-state index contributed by atoms with van der Waals surface area (Å²) in [6.45, 7) is 2.17. The molecule has 0 bridgehead atoms. The van der Waals surface area contributed by atoms with Crippen molar-refractivity contribution in [2.45, 2.75) is 58.3 Å². The van der Waals surface area contributed by atoms with E-state index in [1.807, 2.05) is 0 Å². The molecule has 0 aromatic heterocycles. The summed E-state index contributed by atoms with van der Waals surface area (Å²) in [5.74, 6) is -1.58. The summed E-state index contributed by atoms with van der Waals surface area (Å²) in [6.07, 6.45) is 7.98. The minimum Gasteiger partial charge on any atom is -0.294 e. The summed E-state index contributed by atoms with van der Waals surface area (Å²) < 4.78 is 26.9. The first kappa shape index (κ1) is 17.3. The molecule has 0 fully saturated rings. The van der Waals surface area contributed by atoms with E-state index in [9.17, 15) is 13.6 Å². The van der Waals surface area contributed by atoms with Gasteiger partial charge in [-0.3, -0.25) is 4.79 Å². The summed E-state index contributed by atoms with van der Waals surface area (Å²) in [7, 11) is 0. The fourth-order valence-corrected chi connectivity index (χ4v) is 2.43. The number of rotatable bonds is 9. The Bertz CT molecular complexity index is 446. The molecule has 20 heavy (non-hydrogen) atoms. The zero-order valence-electron chi connectivity index (χ0n) is 11.9. The number of hydrogen-bond donors (Lipinski definition) is 0. The Kier molecular flexibility index (Phi) is 7.97. The Morgan fingerprint density at radius 2 is 1.60 bits per heavy atom. The lowest BCUT2D eigenvalue weighted by Gasteiger charge is -2.05. The van der Waals surface area contributed by atoms with Gasteiger partial charge in [0.2, 0.25) is 0 Å². The van der Waals surface area contributed by atoms with Gasteiger partial charge in [-0.15, -0.1) is 0 Å². The first-order valence-electron chi connectivity index (χ1n) is 7.24. The summed E-state index contributed by atoms with van der Waals surface area (Å²) in [5.41, 5.74) is -0.142. The third kappa shape index (κ3) is 5.70. The molecule has 0 saturated carbocycles. The van der Waals surface area contributed by atoms with Crippen LogP contribution >= 0.6 is 15.9 Å². The van der Waals surface area contributed by atoms with E-state index in [1.54, 1.807) is 0 Å². The van der Waals surface area contributed by atoms with Crippen molar-refractivity contribution in [1.82, 2.24) is 0 Å². The highest BCUT2D eigenvalue weighted by Gasteiger charge is 2.14. The van der Waals surface area contributed by atoms with Gasteiger partial charge < -0.3 is 0 Å². The Morgan fingerprint density at radius 1 is 1.00 bits per heavy atom. The lowest BCUT2D eigenvalue weighted by atomic mass is 10.0. The van der Waals surface area contributed by atoms with E-state index in [1.165, 1.54) is 25.7 Å². The lowest BCUT2D eigenvalue weighted by molar-refractivity contribution is 0.0974. The quantitative estimate of drug-likeness (QED) is 0.302. The van der Waals surface area contributed by atoms with Gasteiger partial charge in [0.1, 0.15) is 11.6 Å². The van der Waals surface area contributed by atoms with Gasteiger partial charge in [-0.05, 0) is 34.5 Å². The molecule has 0 N–H and O–H groups in total. The molecule has 0 saturated heterocycles. The average molecular weight is 347 g/mol. The van der Waals surface area contributed by atoms with Crippen molar-refractivity contribution in [1.29, 1.82) is 0 Å². The van der Waals surface area contributed by atoms with Gasteiger partial charge >= 0.3 is 0 Å². The molecule has 0 aliphatic carbocycles. The van der Waals surface area contributed by atoms with E-state index in [4.69, 9.17) is 0 Å². The monoisotopic (exact) mass is 346 g/mol. The Balaban J connectivity index is 2.34. The zero-order chi connectivity index (χ0) is 15.0. The third-order valence-corrected chi connectivity index (χ3v) is 3.93. The van der Waals surface area contributed by atoms with Crippen LogP contribution in [-0.2, 0) is 0 Å². The number of ketones is 1. The first-order chi connectivity index (χ1) is 9.56. The van der Waals surface area contributed by atoms with Gasteiger partial charge in [0.05, 0.1) is 10.0 Å². The largest absolute Gasteiger partial charge is 0.294 e. The highest BCUT2D eigenvalue weighted by molar-refractivity contribution is 9.10. The van der Waals surface area contributed by atoms with Crippen LogP contribution in [0.5, 0.6) is 0 Å². The molecular weight excluding hydrogens is 326 g/mol. The van der Waals surface area contributed by atoms with Crippen LogP contribution in [0.15, 0.2) is 16.6 Å². The molecule has 0 aliphatic heterocycles. The molecule has 0 unspecified atom stereocenters. The molecule has 0 aliphatic rings. The Morgan fingerprint density at radius 3 is 2.25 bits per heavy atom. The number of carbonyl (C=O) groups is 1. The normalized spacial score (nSPS) is 10.8. The number of unbranched alkanes of at least 4 members (excludes halogenated alkanes) is 6. The van der Waals surface area contributed by atoms with Crippen LogP contribution in [0.3, 0.4) is 0 Å². The number of halogens is 3. The van der Waals surface area contributed by atoms with Gasteiger partial charge in [-0.1, -0.05) is 45.4 Å². The Labute approximate surface area is 127 Å². The summed E-state index contributed by atoms with van der Waals surface area (Å²) in [4.78, 5) is 11.8. The highest BCUT2D eigenvalue weighted by Crippen LogP contribution is 2.21. The second-order valence-corrected chi connectivity index (χ2v) is 5.89. The minimum absolute atomic E-state index is 0.0440. The molecule has 0 spiro atoms. The average Bonchev–Trinajstić information content (AvgIpc) is 2.41. The van der Waals surface area contributed by atoms with Gasteiger partial charge in [0.25, 0.3) is 0 Å². The highest BCUT2D eigenvalue weighted by atomic mass is 79.9. The minimum atomic E-state index is -0.661. The van der Waals surface area contributed by atoms with Crippen LogP contribution in [-0.4, -0.2) is 5.78 Å². The molecule has 0 radical (unpaired) electrons. The maximum atomic E-state index is 13.6. The van der Waals surface area contributed by atoms with E-state index in [2.05, 4.69) is 22.9 Å². The SMILES string of the molecule is CCCCCCCCCC(=O)c1cc(F)c(Br)cc1F. The number of Topliss-reactive ketones (excluding diaryl/α,β-unsaturated/α-hetero) is 1. The zero-order valence-corrected chi connectivity index (χ0v) is 13.4. The molecule has 1 nitrogen and oxygen atoms in total. The maximum absolute atomic E-state index is 13.6. The molecule has 112 valence electrons. The molecular formula is C16H21BrF2O. The number of carbonyl (C=O) groups excluding carboxylic acids is 1. The molecule has 0 amide bonds. The van der Waals surface area contributed by atoms with Crippen molar-refractivity contribution < 1.29 is 13.6 Å². The van der Waals surface area contributed by atoms with E-state index < -0.39 is 11.6 Å². The summed E-state index contributed by atoms with van der Waals surface area (Å²) in [6, 6.07) is 1.98. The van der Waals surface area contributed by atoms with Crippen molar-refractivity contribution in [3.05, 3.63) is 33.8 Å². The van der Waals surface area contributed by atoms with Crippen molar-refractivity contribution in [3.63, 3.8) is 0 Å². The molecule has 1 aromatic rings. The van der Waals surface area contributed by atoms with Gasteiger partial charge in [0, 0.05) is 6.42 Å². The maximum Gasteiger partial charge on any atom is 0.165 e. The van der Waals surface area contributed by atoms with E-state index in [0.717, 1.165) is 31.4 Å². The van der Waals surface area contributed by atoms with Crippen molar-refractivity contribution in [2.24, 2.45) is 0 Å². The predicted octanol–water partition coefficient (Wildman–Crippen LogP) is 6.05. The molecule has 4 heteroatoms. The summed E-state index contributed by atoms with van der Waals surface area (Å²) >= 11 is 2.90. The van der Waals surface area contributed by atoms with Crippen molar-refractivity contribution in [2.75, 3.05) is 0 Å². The van der Waals surface area contributed by atoms with E-state index >= 15 is 0 Å². The second-order valence-electron chi connectivity index (χ2n) is 5.04. The number of benzene rings is 1. The topological polar surface area (TPSA) is 17.1 Å². The van der Waals surface area contributed by atoms with Crippen LogP contribution in [0, 0.1) is 11.6 Å². The third-order valence-electron chi connectivity index (χ3n) is 3.32. The predicted molar refractivity (Wildman–Crippen MR) is 81.0 cm³/mol. The van der Waals surface area contributed by atoms with E-state index in [0.29, 0.717) is 0 Å². The molecule has 1 aromatic carbocycles. The molecule has 0 atom stereocenters. The van der Waals surface area contributed by atoms with Crippen LogP contribution in [0.2, 0.25) is 0 Å². The Hall–Kier alpha value is -0.770.